The van der Waals surface area contributed by atoms with Crippen LogP contribution in [-0.2, 0) is 6.42 Å². The van der Waals surface area contributed by atoms with Crippen LogP contribution in [0.5, 0.6) is 5.75 Å². The standard InChI is InChI=1S/C15H21NO2/c1-11(2)16-9-13(17)10-18-15-8-4-6-12-5-3-7-14(12)15/h3-4,6-8,11,13,16-17H,5,9-10H2,1-2H3/t13-/m0/s1. The summed E-state index contributed by atoms with van der Waals surface area (Å²) < 4.78 is 5.70. The molecule has 1 aromatic rings. The van der Waals surface area contributed by atoms with Crippen molar-refractivity contribution in [3.63, 3.8) is 0 Å². The summed E-state index contributed by atoms with van der Waals surface area (Å²) in [5.74, 6) is 0.866. The van der Waals surface area contributed by atoms with Crippen molar-refractivity contribution in [3.05, 3.63) is 35.4 Å². The van der Waals surface area contributed by atoms with Crippen LogP contribution in [0.1, 0.15) is 25.0 Å². The van der Waals surface area contributed by atoms with E-state index in [0.29, 0.717) is 19.2 Å². The summed E-state index contributed by atoms with van der Waals surface area (Å²) >= 11 is 0. The molecule has 3 nitrogen and oxygen atoms in total. The van der Waals surface area contributed by atoms with E-state index in [2.05, 4.69) is 37.4 Å². The Kier molecular flexibility index (Phi) is 4.39. The molecule has 0 aromatic heterocycles. The van der Waals surface area contributed by atoms with Gasteiger partial charge in [0.15, 0.2) is 0 Å². The number of aliphatic hydroxyl groups excluding tert-OH is 1. The predicted octanol–water partition coefficient (Wildman–Crippen LogP) is 1.99. The van der Waals surface area contributed by atoms with Gasteiger partial charge in [-0.25, -0.2) is 0 Å². The van der Waals surface area contributed by atoms with Gasteiger partial charge in [-0.15, -0.1) is 0 Å². The molecule has 1 aliphatic carbocycles. The van der Waals surface area contributed by atoms with Crippen molar-refractivity contribution >= 4 is 6.08 Å². The predicted molar refractivity (Wildman–Crippen MR) is 73.8 cm³/mol. The first kappa shape index (κ1) is 13.1. The molecular weight excluding hydrogens is 226 g/mol. The number of nitrogens with one attached hydrogen (secondary N) is 1. The Morgan fingerprint density at radius 2 is 2.22 bits per heavy atom. The molecule has 0 saturated carbocycles. The fourth-order valence-corrected chi connectivity index (χ4v) is 2.00. The Labute approximate surface area is 108 Å². The molecule has 0 radical (unpaired) electrons. The molecule has 2 rings (SSSR count). The molecule has 0 fully saturated rings. The number of rotatable bonds is 6. The quantitative estimate of drug-likeness (QED) is 0.808. The molecule has 0 unspecified atom stereocenters. The van der Waals surface area contributed by atoms with Gasteiger partial charge >= 0.3 is 0 Å². The molecule has 0 heterocycles. The van der Waals surface area contributed by atoms with E-state index in [4.69, 9.17) is 4.74 Å². The highest BCUT2D eigenvalue weighted by Gasteiger charge is 2.12. The average Bonchev–Trinajstić information content (AvgIpc) is 2.82. The number of hydrogen-bond acceptors (Lipinski definition) is 3. The first-order valence-electron chi connectivity index (χ1n) is 6.49. The molecule has 0 aliphatic heterocycles. The Hall–Kier alpha value is -1.32. The van der Waals surface area contributed by atoms with Gasteiger partial charge in [0.05, 0.1) is 0 Å². The van der Waals surface area contributed by atoms with Crippen molar-refractivity contribution in [2.45, 2.75) is 32.4 Å². The summed E-state index contributed by atoms with van der Waals surface area (Å²) in [4.78, 5) is 0. The third-order valence-electron chi connectivity index (χ3n) is 2.97. The fourth-order valence-electron chi connectivity index (χ4n) is 2.00. The zero-order valence-corrected chi connectivity index (χ0v) is 11.0. The van der Waals surface area contributed by atoms with Crippen LogP contribution in [0.2, 0.25) is 0 Å². The lowest BCUT2D eigenvalue weighted by atomic mass is 10.1. The van der Waals surface area contributed by atoms with Gasteiger partial charge in [0.2, 0.25) is 0 Å². The molecular formula is C15H21NO2. The molecule has 0 saturated heterocycles. The highest BCUT2D eigenvalue weighted by Crippen LogP contribution is 2.28. The lowest BCUT2D eigenvalue weighted by Gasteiger charge is -2.16. The van der Waals surface area contributed by atoms with Crippen molar-refractivity contribution in [3.8, 4) is 5.75 Å². The van der Waals surface area contributed by atoms with E-state index >= 15 is 0 Å². The van der Waals surface area contributed by atoms with Crippen molar-refractivity contribution in [2.24, 2.45) is 0 Å². The van der Waals surface area contributed by atoms with E-state index in [1.807, 2.05) is 12.1 Å². The van der Waals surface area contributed by atoms with Gasteiger partial charge in [-0.05, 0) is 18.1 Å². The molecule has 1 aromatic carbocycles. The number of allylic oxidation sites excluding steroid dienone is 1. The van der Waals surface area contributed by atoms with Crippen molar-refractivity contribution < 1.29 is 9.84 Å². The maximum atomic E-state index is 9.80. The smallest absolute Gasteiger partial charge is 0.126 e. The van der Waals surface area contributed by atoms with Gasteiger partial charge < -0.3 is 15.2 Å². The van der Waals surface area contributed by atoms with Crippen LogP contribution < -0.4 is 10.1 Å². The van der Waals surface area contributed by atoms with Crippen molar-refractivity contribution in [2.75, 3.05) is 13.2 Å². The summed E-state index contributed by atoms with van der Waals surface area (Å²) in [5.41, 5.74) is 2.45. The molecule has 0 spiro atoms. The summed E-state index contributed by atoms with van der Waals surface area (Å²) in [6.07, 6.45) is 4.72. The maximum absolute atomic E-state index is 9.80. The lowest BCUT2D eigenvalue weighted by molar-refractivity contribution is 0.104. The van der Waals surface area contributed by atoms with E-state index in [1.165, 1.54) is 5.56 Å². The van der Waals surface area contributed by atoms with Gasteiger partial charge in [-0.2, -0.15) is 0 Å². The maximum Gasteiger partial charge on any atom is 0.126 e. The van der Waals surface area contributed by atoms with Crippen LogP contribution in [0, 0.1) is 0 Å². The second-order valence-corrected chi connectivity index (χ2v) is 4.96. The molecule has 1 atom stereocenters. The van der Waals surface area contributed by atoms with E-state index < -0.39 is 6.10 Å². The number of hydrogen-bond donors (Lipinski definition) is 2. The third kappa shape index (κ3) is 3.34. The minimum Gasteiger partial charge on any atom is -0.490 e. The number of aliphatic hydroxyl groups is 1. The molecule has 0 bridgehead atoms. The Morgan fingerprint density at radius 1 is 1.39 bits per heavy atom. The normalized spacial score (nSPS) is 14.9. The van der Waals surface area contributed by atoms with Crippen LogP contribution in [0.15, 0.2) is 24.3 Å². The SMILES string of the molecule is CC(C)NC[C@H](O)COc1cccc2c1C=CC2. The van der Waals surface area contributed by atoms with Gasteiger partial charge in [-0.3, -0.25) is 0 Å². The van der Waals surface area contributed by atoms with Crippen LogP contribution in [0.25, 0.3) is 6.08 Å². The second-order valence-electron chi connectivity index (χ2n) is 4.96. The molecule has 18 heavy (non-hydrogen) atoms. The fraction of sp³-hybridized carbons (Fsp3) is 0.467. The van der Waals surface area contributed by atoms with Gasteiger partial charge in [0.1, 0.15) is 18.5 Å². The molecule has 0 amide bonds. The van der Waals surface area contributed by atoms with E-state index in [9.17, 15) is 5.11 Å². The minimum atomic E-state index is -0.478. The number of fused-ring (bicyclic) bond motifs is 1. The average molecular weight is 247 g/mol. The van der Waals surface area contributed by atoms with Gasteiger partial charge in [0, 0.05) is 18.2 Å². The highest BCUT2D eigenvalue weighted by molar-refractivity contribution is 5.65. The van der Waals surface area contributed by atoms with Crippen LogP contribution in [0.3, 0.4) is 0 Å². The summed E-state index contributed by atoms with van der Waals surface area (Å²) in [6.45, 7) is 5.00. The van der Waals surface area contributed by atoms with Gasteiger partial charge in [0.25, 0.3) is 0 Å². The zero-order valence-electron chi connectivity index (χ0n) is 11.0. The molecule has 2 N–H and O–H groups in total. The first-order chi connectivity index (χ1) is 8.66. The van der Waals surface area contributed by atoms with Gasteiger partial charge in [-0.1, -0.05) is 38.1 Å². The van der Waals surface area contributed by atoms with Crippen LogP contribution >= 0.6 is 0 Å². The monoisotopic (exact) mass is 247 g/mol. The van der Waals surface area contributed by atoms with Crippen molar-refractivity contribution in [1.82, 2.24) is 5.32 Å². The van der Waals surface area contributed by atoms with Crippen molar-refractivity contribution in [1.29, 1.82) is 0 Å². The lowest BCUT2D eigenvalue weighted by Crippen LogP contribution is -2.35. The Morgan fingerprint density at radius 3 is 3.00 bits per heavy atom. The minimum absolute atomic E-state index is 0.323. The summed E-state index contributed by atoms with van der Waals surface area (Å²) in [5, 5.41) is 13.0. The summed E-state index contributed by atoms with van der Waals surface area (Å²) in [6, 6.07) is 6.44. The first-order valence-corrected chi connectivity index (χ1v) is 6.49. The molecule has 1 aliphatic rings. The largest absolute Gasteiger partial charge is 0.490 e. The number of ether oxygens (including phenoxy) is 1. The van der Waals surface area contributed by atoms with E-state index in [1.54, 1.807) is 0 Å². The van der Waals surface area contributed by atoms with Crippen LogP contribution in [-0.4, -0.2) is 30.4 Å². The topological polar surface area (TPSA) is 41.5 Å². The number of benzene rings is 1. The van der Waals surface area contributed by atoms with Crippen LogP contribution in [0.4, 0.5) is 0 Å². The second kappa shape index (κ2) is 6.03. The third-order valence-corrected chi connectivity index (χ3v) is 2.97. The molecule has 98 valence electrons. The molecule has 3 heteroatoms. The Bertz CT molecular complexity index is 427. The Balaban J connectivity index is 1.87. The van der Waals surface area contributed by atoms with E-state index in [-0.39, 0.29) is 0 Å². The highest BCUT2D eigenvalue weighted by atomic mass is 16.5. The van der Waals surface area contributed by atoms with E-state index in [0.717, 1.165) is 17.7 Å². The zero-order chi connectivity index (χ0) is 13.0. The summed E-state index contributed by atoms with van der Waals surface area (Å²) in [7, 11) is 0.